The molecule has 2 aromatic carbocycles. The maximum atomic E-state index is 17.3. The number of pyridine rings is 1. The molecule has 260 valence electrons. The smallest absolute Gasteiger partial charge is 0.257 e. The molecule has 0 aliphatic carbocycles. The van der Waals surface area contributed by atoms with Crippen molar-refractivity contribution in [1.82, 2.24) is 24.6 Å². The average Bonchev–Trinajstić information content (AvgIpc) is 3.71. The highest BCUT2D eigenvalue weighted by Gasteiger charge is 2.43. The molecule has 2 fully saturated rings. The summed E-state index contributed by atoms with van der Waals surface area (Å²) >= 11 is 13.7. The van der Waals surface area contributed by atoms with Gasteiger partial charge in [-0.1, -0.05) is 23.2 Å². The SMILES string of the molecule is Cc1c(Cl)cc2c(c1-c1c(Cl)cc3c(nc(N4CC(C)(N(C)C)C4)c4cnn([C@H]5CCN(C(=O)/C=C/C(F)F)[C@H](CC#N)C5)c43)c1F)C=NC2. The Balaban J connectivity index is 1.40. The van der Waals surface area contributed by atoms with Crippen molar-refractivity contribution >= 4 is 62.9 Å². The monoisotopic (exact) mass is 722 g/mol. The molecule has 0 saturated carbocycles. The average molecular weight is 724 g/mol. The van der Waals surface area contributed by atoms with Crippen LogP contribution in [0.3, 0.4) is 0 Å². The van der Waals surface area contributed by atoms with E-state index in [9.17, 15) is 18.8 Å². The van der Waals surface area contributed by atoms with Crippen LogP contribution in [0.4, 0.5) is 19.0 Å². The minimum absolute atomic E-state index is 0.0187. The van der Waals surface area contributed by atoms with Crippen LogP contribution in [0.15, 0.2) is 35.5 Å². The molecule has 50 heavy (non-hydrogen) atoms. The van der Waals surface area contributed by atoms with Crippen LogP contribution < -0.4 is 4.90 Å². The summed E-state index contributed by atoms with van der Waals surface area (Å²) in [6, 6.07) is 4.90. The lowest BCUT2D eigenvalue weighted by molar-refractivity contribution is -0.130. The number of nitriles is 1. The fourth-order valence-corrected chi connectivity index (χ4v) is 8.08. The molecule has 0 N–H and O–H groups in total. The predicted octanol–water partition coefficient (Wildman–Crippen LogP) is 7.35. The van der Waals surface area contributed by atoms with Crippen molar-refractivity contribution in [2.75, 3.05) is 38.6 Å². The number of halogens is 5. The van der Waals surface area contributed by atoms with Gasteiger partial charge in [0.15, 0.2) is 5.82 Å². The molecular weight excluding hydrogens is 688 g/mol. The number of likely N-dealkylation sites (N-methyl/N-ethyl adjacent to an activating group) is 1. The van der Waals surface area contributed by atoms with Gasteiger partial charge in [0.2, 0.25) is 5.91 Å². The number of aliphatic imine (C=N–C) groups is 1. The van der Waals surface area contributed by atoms with Crippen LogP contribution in [0.1, 0.15) is 48.9 Å². The number of rotatable bonds is 7. The van der Waals surface area contributed by atoms with Crippen molar-refractivity contribution < 1.29 is 18.0 Å². The maximum absolute atomic E-state index is 17.3. The van der Waals surface area contributed by atoms with Gasteiger partial charge in [-0.25, -0.2) is 18.2 Å². The van der Waals surface area contributed by atoms with E-state index in [1.54, 1.807) is 18.5 Å². The lowest BCUT2D eigenvalue weighted by Crippen LogP contribution is -2.67. The Morgan fingerprint density at radius 3 is 2.66 bits per heavy atom. The van der Waals surface area contributed by atoms with Crippen molar-refractivity contribution in [3.8, 4) is 17.2 Å². The number of hydrogen-bond donors (Lipinski definition) is 0. The summed E-state index contributed by atoms with van der Waals surface area (Å²) in [5, 5.41) is 16.3. The third kappa shape index (κ3) is 5.60. The highest BCUT2D eigenvalue weighted by atomic mass is 35.5. The summed E-state index contributed by atoms with van der Waals surface area (Å²) in [5.74, 6) is -0.555. The summed E-state index contributed by atoms with van der Waals surface area (Å²) in [5.41, 5.74) is 3.79. The molecule has 2 saturated heterocycles. The van der Waals surface area contributed by atoms with E-state index in [-0.39, 0.29) is 40.6 Å². The Kier molecular flexibility index (Phi) is 8.81. The Morgan fingerprint density at radius 2 is 1.96 bits per heavy atom. The van der Waals surface area contributed by atoms with E-state index in [0.29, 0.717) is 71.4 Å². The van der Waals surface area contributed by atoms with Crippen molar-refractivity contribution in [3.05, 3.63) is 63.0 Å². The summed E-state index contributed by atoms with van der Waals surface area (Å²) in [6.07, 6.45) is 2.92. The molecule has 0 unspecified atom stereocenters. The van der Waals surface area contributed by atoms with E-state index in [1.807, 2.05) is 31.8 Å². The normalized spacial score (nSPS) is 20.0. The molecular formula is C36H35Cl2F3N8O. The molecule has 2 aromatic heterocycles. The zero-order chi connectivity index (χ0) is 35.6. The molecule has 14 heteroatoms. The number of amides is 1. The maximum Gasteiger partial charge on any atom is 0.257 e. The molecule has 5 heterocycles. The van der Waals surface area contributed by atoms with Gasteiger partial charge in [-0.15, -0.1) is 0 Å². The third-order valence-corrected chi connectivity index (χ3v) is 11.2. The van der Waals surface area contributed by atoms with Gasteiger partial charge < -0.3 is 14.7 Å². The van der Waals surface area contributed by atoms with Gasteiger partial charge in [-0.05, 0) is 75.7 Å². The van der Waals surface area contributed by atoms with Crippen LogP contribution in [0.25, 0.3) is 32.9 Å². The van der Waals surface area contributed by atoms with Gasteiger partial charge in [-0.2, -0.15) is 10.4 Å². The van der Waals surface area contributed by atoms with Gasteiger partial charge >= 0.3 is 0 Å². The van der Waals surface area contributed by atoms with Gasteiger partial charge in [0.05, 0.1) is 52.7 Å². The van der Waals surface area contributed by atoms with E-state index in [0.717, 1.165) is 22.6 Å². The molecule has 0 radical (unpaired) electrons. The lowest BCUT2D eigenvalue weighted by Gasteiger charge is -2.52. The summed E-state index contributed by atoms with van der Waals surface area (Å²) in [4.78, 5) is 28.0. The number of alkyl halides is 2. The van der Waals surface area contributed by atoms with E-state index < -0.39 is 24.2 Å². The summed E-state index contributed by atoms with van der Waals surface area (Å²) < 4.78 is 44.7. The molecule has 7 rings (SSSR count). The second-order valence-electron chi connectivity index (χ2n) is 13.8. The topological polar surface area (TPSA) is 93.7 Å². The highest BCUT2D eigenvalue weighted by Crippen LogP contribution is 2.46. The first-order chi connectivity index (χ1) is 23.8. The highest BCUT2D eigenvalue weighted by molar-refractivity contribution is 6.36. The molecule has 2 atom stereocenters. The number of piperidine rings is 1. The Labute approximate surface area is 297 Å². The molecule has 3 aliphatic rings. The number of carbonyl (C=O) groups excluding carboxylic acids is 1. The number of anilines is 1. The number of nitrogens with zero attached hydrogens (tertiary/aromatic N) is 8. The van der Waals surface area contributed by atoms with Crippen LogP contribution in [0, 0.1) is 24.1 Å². The number of hydrogen-bond acceptors (Lipinski definition) is 7. The largest absolute Gasteiger partial charge is 0.352 e. The predicted molar refractivity (Wildman–Crippen MR) is 190 cm³/mol. The lowest BCUT2D eigenvalue weighted by atomic mass is 9.90. The van der Waals surface area contributed by atoms with E-state index in [4.69, 9.17) is 33.3 Å². The van der Waals surface area contributed by atoms with E-state index >= 15 is 4.39 Å². The Bertz CT molecular complexity index is 2150. The van der Waals surface area contributed by atoms with Gasteiger partial charge in [0, 0.05) is 59.5 Å². The van der Waals surface area contributed by atoms with Crippen LogP contribution in [-0.4, -0.2) is 88.4 Å². The first-order valence-electron chi connectivity index (χ1n) is 16.4. The van der Waals surface area contributed by atoms with Crippen molar-refractivity contribution in [2.24, 2.45) is 4.99 Å². The quantitative estimate of drug-likeness (QED) is 0.185. The fourth-order valence-electron chi connectivity index (χ4n) is 7.56. The number of likely N-dealkylation sites (tertiary alicyclic amines) is 1. The molecule has 3 aliphatic heterocycles. The summed E-state index contributed by atoms with van der Waals surface area (Å²) in [7, 11) is 4.06. The fraction of sp³-hybridized carbons (Fsp3) is 0.417. The van der Waals surface area contributed by atoms with Crippen LogP contribution in [-0.2, 0) is 11.3 Å². The molecule has 4 aromatic rings. The van der Waals surface area contributed by atoms with Crippen LogP contribution >= 0.6 is 23.2 Å². The Hall–Kier alpha value is -4.18. The minimum Gasteiger partial charge on any atom is -0.352 e. The molecule has 9 nitrogen and oxygen atoms in total. The second kappa shape index (κ2) is 12.9. The van der Waals surface area contributed by atoms with Gasteiger partial charge in [0.25, 0.3) is 6.43 Å². The zero-order valence-electron chi connectivity index (χ0n) is 28.0. The number of allylic oxidation sites excluding steroid dienone is 1. The first-order valence-corrected chi connectivity index (χ1v) is 17.2. The zero-order valence-corrected chi connectivity index (χ0v) is 29.5. The van der Waals surface area contributed by atoms with Crippen molar-refractivity contribution in [3.63, 3.8) is 0 Å². The number of carbonyl (C=O) groups is 1. The second-order valence-corrected chi connectivity index (χ2v) is 14.6. The van der Waals surface area contributed by atoms with Crippen molar-refractivity contribution in [2.45, 2.75) is 63.7 Å². The van der Waals surface area contributed by atoms with E-state index in [1.165, 1.54) is 4.90 Å². The standard InChI is InChI=1S/C36H35Cl2F3N8O/c1-19-26(37)11-20-14-43-15-24(20)30(19)31-27(38)13-23-33(32(31)41)45-35(47-17-36(2,18-47)46(3)4)25-16-44-49(34(23)25)22-8-10-48(21(12-22)7-9-42)29(50)6-5-28(39)40/h5-6,11,13,15-16,21-22,28H,7-8,10,12,14,17-18H2,1-4H3/b6-5+/t21-,22+/m1/s1. The number of benzene rings is 2. The van der Waals surface area contributed by atoms with E-state index in [2.05, 4.69) is 27.8 Å². The number of fused-ring (bicyclic) bond motifs is 4. The molecule has 0 bridgehead atoms. The minimum atomic E-state index is -2.76. The number of aromatic nitrogens is 3. The molecule has 1 amide bonds. The van der Waals surface area contributed by atoms with Crippen molar-refractivity contribution in [1.29, 1.82) is 5.26 Å². The van der Waals surface area contributed by atoms with Gasteiger partial charge in [0.1, 0.15) is 11.3 Å². The van der Waals surface area contributed by atoms with Crippen LogP contribution in [0.2, 0.25) is 10.0 Å². The Morgan fingerprint density at radius 1 is 1.20 bits per heavy atom. The molecule has 0 spiro atoms. The van der Waals surface area contributed by atoms with Crippen LogP contribution in [0.5, 0.6) is 0 Å². The summed E-state index contributed by atoms with van der Waals surface area (Å²) in [6.45, 7) is 5.99. The third-order valence-electron chi connectivity index (χ3n) is 10.6. The first kappa shape index (κ1) is 34.3. The van der Waals surface area contributed by atoms with Gasteiger partial charge in [-0.3, -0.25) is 14.5 Å².